The van der Waals surface area contributed by atoms with Gasteiger partial charge in [-0.05, 0) is 35.2 Å². The maximum Gasteiger partial charge on any atom is 0.262 e. The maximum atomic E-state index is 12.0. The van der Waals surface area contributed by atoms with E-state index in [-0.39, 0.29) is 17.9 Å². The zero-order chi connectivity index (χ0) is 16.9. The van der Waals surface area contributed by atoms with Crippen LogP contribution in [0.1, 0.15) is 26.3 Å². The van der Waals surface area contributed by atoms with Crippen LogP contribution in [-0.4, -0.2) is 19.6 Å². The van der Waals surface area contributed by atoms with Gasteiger partial charge in [0.25, 0.3) is 5.91 Å². The number of hydrogen-bond acceptors (Lipinski definition) is 3. The summed E-state index contributed by atoms with van der Waals surface area (Å²) in [5.41, 5.74) is 2.07. The molecule has 0 unspecified atom stereocenters. The summed E-state index contributed by atoms with van der Waals surface area (Å²) < 4.78 is 10.7. The topological polar surface area (TPSA) is 47.6 Å². The molecule has 0 spiro atoms. The van der Waals surface area contributed by atoms with Crippen molar-refractivity contribution >= 4 is 11.6 Å². The maximum absolute atomic E-state index is 12.0. The zero-order valence-electron chi connectivity index (χ0n) is 14.1. The third-order valence-corrected chi connectivity index (χ3v) is 3.46. The third kappa shape index (κ3) is 4.74. The molecule has 2 aromatic carbocycles. The van der Waals surface area contributed by atoms with E-state index in [1.165, 1.54) is 5.56 Å². The molecule has 4 heteroatoms. The number of carbonyl (C=O) groups excluding carboxylic acids is 1. The number of methoxy groups -OCH3 is 1. The lowest BCUT2D eigenvalue weighted by atomic mass is 9.87. The van der Waals surface area contributed by atoms with E-state index < -0.39 is 0 Å². The van der Waals surface area contributed by atoms with Crippen LogP contribution in [-0.2, 0) is 10.2 Å². The Labute approximate surface area is 137 Å². The molecule has 0 bridgehead atoms. The number of rotatable bonds is 5. The Kier molecular flexibility index (Phi) is 5.27. The number of hydrogen-bond donors (Lipinski definition) is 1. The third-order valence-electron chi connectivity index (χ3n) is 3.46. The van der Waals surface area contributed by atoms with Crippen molar-refractivity contribution in [1.82, 2.24) is 0 Å². The first-order valence-corrected chi connectivity index (χ1v) is 7.56. The summed E-state index contributed by atoms with van der Waals surface area (Å²) >= 11 is 0. The fourth-order valence-corrected chi connectivity index (χ4v) is 2.13. The van der Waals surface area contributed by atoms with Gasteiger partial charge in [-0.15, -0.1) is 0 Å². The molecular weight excluding hydrogens is 290 g/mol. The number of amides is 1. The van der Waals surface area contributed by atoms with Crippen LogP contribution in [0.2, 0.25) is 0 Å². The van der Waals surface area contributed by atoms with Gasteiger partial charge in [0, 0.05) is 5.69 Å². The molecule has 0 saturated carbocycles. The molecule has 0 heterocycles. The highest BCUT2D eigenvalue weighted by molar-refractivity contribution is 5.91. The predicted octanol–water partition coefficient (Wildman–Crippen LogP) is 4.01. The molecule has 0 aromatic heterocycles. The molecule has 122 valence electrons. The van der Waals surface area contributed by atoms with Gasteiger partial charge in [0.15, 0.2) is 18.1 Å². The van der Waals surface area contributed by atoms with E-state index in [4.69, 9.17) is 9.47 Å². The second-order valence-corrected chi connectivity index (χ2v) is 6.32. The second kappa shape index (κ2) is 7.18. The molecule has 0 aliphatic carbocycles. The highest BCUT2D eigenvalue weighted by atomic mass is 16.5. The monoisotopic (exact) mass is 313 g/mol. The summed E-state index contributed by atoms with van der Waals surface area (Å²) in [4.78, 5) is 12.0. The van der Waals surface area contributed by atoms with Crippen LogP contribution in [0, 0.1) is 0 Å². The average Bonchev–Trinajstić information content (AvgIpc) is 2.53. The summed E-state index contributed by atoms with van der Waals surface area (Å²) in [6, 6.07) is 15.1. The largest absolute Gasteiger partial charge is 0.493 e. The van der Waals surface area contributed by atoms with Crippen LogP contribution >= 0.6 is 0 Å². The Morgan fingerprint density at radius 2 is 1.61 bits per heavy atom. The molecule has 2 aromatic rings. The van der Waals surface area contributed by atoms with Crippen LogP contribution in [0.15, 0.2) is 48.5 Å². The first-order valence-electron chi connectivity index (χ1n) is 7.56. The molecule has 0 fully saturated rings. The molecule has 1 amide bonds. The molecule has 0 aliphatic rings. The predicted molar refractivity (Wildman–Crippen MR) is 92.3 cm³/mol. The minimum atomic E-state index is -0.209. The fraction of sp³-hybridized carbons (Fsp3) is 0.316. The Morgan fingerprint density at radius 3 is 2.17 bits per heavy atom. The van der Waals surface area contributed by atoms with Gasteiger partial charge in [-0.25, -0.2) is 0 Å². The standard InChI is InChI=1S/C19H23NO3/c1-19(2,3)14-9-11-15(12-10-14)20-18(21)13-23-17-8-6-5-7-16(17)22-4/h5-12H,13H2,1-4H3,(H,20,21). The van der Waals surface area contributed by atoms with Gasteiger partial charge in [0.2, 0.25) is 0 Å². The molecule has 0 saturated heterocycles. The van der Waals surface area contributed by atoms with E-state index in [0.717, 1.165) is 5.69 Å². The minimum Gasteiger partial charge on any atom is -0.493 e. The Morgan fingerprint density at radius 1 is 1.00 bits per heavy atom. The SMILES string of the molecule is COc1ccccc1OCC(=O)Nc1ccc(C(C)(C)C)cc1. The van der Waals surface area contributed by atoms with Crippen LogP contribution in [0.4, 0.5) is 5.69 Å². The Balaban J connectivity index is 1.92. The van der Waals surface area contributed by atoms with Crippen LogP contribution < -0.4 is 14.8 Å². The van der Waals surface area contributed by atoms with Gasteiger partial charge in [-0.3, -0.25) is 4.79 Å². The van der Waals surface area contributed by atoms with Gasteiger partial charge in [0.1, 0.15) is 0 Å². The fourth-order valence-electron chi connectivity index (χ4n) is 2.13. The molecule has 4 nitrogen and oxygen atoms in total. The van der Waals surface area contributed by atoms with Crippen molar-refractivity contribution in [2.45, 2.75) is 26.2 Å². The van der Waals surface area contributed by atoms with Crippen molar-refractivity contribution in [3.05, 3.63) is 54.1 Å². The van der Waals surface area contributed by atoms with Crippen molar-refractivity contribution in [3.8, 4) is 11.5 Å². The highest BCUT2D eigenvalue weighted by Gasteiger charge is 2.13. The van der Waals surface area contributed by atoms with E-state index in [1.807, 2.05) is 36.4 Å². The van der Waals surface area contributed by atoms with Crippen LogP contribution in [0.5, 0.6) is 11.5 Å². The zero-order valence-corrected chi connectivity index (χ0v) is 14.1. The summed E-state index contributed by atoms with van der Waals surface area (Å²) in [5, 5.41) is 2.82. The molecule has 1 N–H and O–H groups in total. The van der Waals surface area contributed by atoms with E-state index in [1.54, 1.807) is 19.2 Å². The lowest BCUT2D eigenvalue weighted by molar-refractivity contribution is -0.118. The number of nitrogens with one attached hydrogen (secondary N) is 1. The van der Waals surface area contributed by atoms with Crippen molar-refractivity contribution < 1.29 is 14.3 Å². The Hall–Kier alpha value is -2.49. The average molecular weight is 313 g/mol. The van der Waals surface area contributed by atoms with Crippen LogP contribution in [0.25, 0.3) is 0 Å². The van der Waals surface area contributed by atoms with Gasteiger partial charge >= 0.3 is 0 Å². The van der Waals surface area contributed by atoms with Gasteiger partial charge in [-0.2, -0.15) is 0 Å². The first-order chi connectivity index (χ1) is 10.9. The van der Waals surface area contributed by atoms with E-state index in [2.05, 4.69) is 26.1 Å². The Bertz CT molecular complexity index is 657. The molecular formula is C19H23NO3. The molecule has 0 atom stereocenters. The lowest BCUT2D eigenvalue weighted by Crippen LogP contribution is -2.20. The molecule has 2 rings (SSSR count). The number of ether oxygens (including phenoxy) is 2. The summed E-state index contributed by atoms with van der Waals surface area (Å²) in [6.45, 7) is 6.40. The molecule has 0 radical (unpaired) electrons. The first kappa shape index (κ1) is 16.9. The van der Waals surface area contributed by atoms with Crippen molar-refractivity contribution in [1.29, 1.82) is 0 Å². The number of benzene rings is 2. The van der Waals surface area contributed by atoms with Crippen molar-refractivity contribution in [3.63, 3.8) is 0 Å². The smallest absolute Gasteiger partial charge is 0.262 e. The minimum absolute atomic E-state index is 0.0681. The number of anilines is 1. The van der Waals surface area contributed by atoms with Crippen LogP contribution in [0.3, 0.4) is 0 Å². The quantitative estimate of drug-likeness (QED) is 0.907. The highest BCUT2D eigenvalue weighted by Crippen LogP contribution is 2.26. The normalized spacial score (nSPS) is 11.0. The number of carbonyl (C=O) groups is 1. The number of para-hydroxylation sites is 2. The molecule has 0 aliphatic heterocycles. The van der Waals surface area contributed by atoms with Gasteiger partial charge in [0.05, 0.1) is 7.11 Å². The van der Waals surface area contributed by atoms with Crippen molar-refractivity contribution in [2.24, 2.45) is 0 Å². The summed E-state index contributed by atoms with van der Waals surface area (Å²) in [6.07, 6.45) is 0. The van der Waals surface area contributed by atoms with Gasteiger partial charge < -0.3 is 14.8 Å². The van der Waals surface area contributed by atoms with E-state index in [9.17, 15) is 4.79 Å². The van der Waals surface area contributed by atoms with Gasteiger partial charge in [-0.1, -0.05) is 45.0 Å². The van der Waals surface area contributed by atoms with E-state index in [0.29, 0.717) is 11.5 Å². The summed E-state index contributed by atoms with van der Waals surface area (Å²) in [5.74, 6) is 0.947. The molecule has 23 heavy (non-hydrogen) atoms. The van der Waals surface area contributed by atoms with Crippen molar-refractivity contribution in [2.75, 3.05) is 19.0 Å². The second-order valence-electron chi connectivity index (χ2n) is 6.32. The lowest BCUT2D eigenvalue weighted by Gasteiger charge is -2.19. The summed E-state index contributed by atoms with van der Waals surface area (Å²) in [7, 11) is 1.57. The van der Waals surface area contributed by atoms with E-state index >= 15 is 0 Å².